The third-order valence-corrected chi connectivity index (χ3v) is 7.99. The van der Waals surface area contributed by atoms with Gasteiger partial charge in [-0.05, 0) is 42.5 Å². The van der Waals surface area contributed by atoms with Crippen LogP contribution >= 0.6 is 0 Å². The summed E-state index contributed by atoms with van der Waals surface area (Å²) in [6, 6.07) is 17.1. The van der Waals surface area contributed by atoms with Crippen molar-refractivity contribution in [2.24, 2.45) is 0 Å². The Labute approximate surface area is 149 Å². The molecule has 4 nitrogen and oxygen atoms in total. The Bertz CT molecular complexity index is 845. The average Bonchev–Trinajstić information content (AvgIpc) is 2.68. The molecule has 0 aromatic heterocycles. The van der Waals surface area contributed by atoms with Crippen molar-refractivity contribution >= 4 is 9.84 Å². The number of nitrogens with one attached hydrogen (secondary N) is 1. The second-order valence-electron chi connectivity index (χ2n) is 6.85. The molecule has 0 spiro atoms. The minimum Gasteiger partial charge on any atom is -0.314 e. The summed E-state index contributed by atoms with van der Waals surface area (Å²) in [6.07, 6.45) is 2.50. The maximum Gasteiger partial charge on any atom is 0.201 e. The average molecular weight is 356 g/mol. The van der Waals surface area contributed by atoms with Crippen LogP contribution in [-0.2, 0) is 21.1 Å². The number of hydrogen-bond acceptors (Lipinski definition) is 4. The van der Waals surface area contributed by atoms with Crippen molar-refractivity contribution in [2.75, 3.05) is 26.2 Å². The van der Waals surface area contributed by atoms with Gasteiger partial charge in [-0.3, -0.25) is 4.90 Å². The van der Waals surface area contributed by atoms with E-state index >= 15 is 0 Å². The van der Waals surface area contributed by atoms with Gasteiger partial charge in [0.1, 0.15) is 0 Å². The van der Waals surface area contributed by atoms with E-state index in [0.717, 1.165) is 44.6 Å². The molecule has 4 rings (SSSR count). The molecule has 25 heavy (non-hydrogen) atoms. The Kier molecular flexibility index (Phi) is 4.40. The Morgan fingerprint density at radius 2 is 1.60 bits per heavy atom. The van der Waals surface area contributed by atoms with Gasteiger partial charge in [-0.15, -0.1) is 0 Å². The van der Waals surface area contributed by atoms with Gasteiger partial charge in [0, 0.05) is 26.2 Å². The monoisotopic (exact) mass is 356 g/mol. The zero-order valence-corrected chi connectivity index (χ0v) is 15.1. The summed E-state index contributed by atoms with van der Waals surface area (Å²) in [5.41, 5.74) is 2.15. The van der Waals surface area contributed by atoms with E-state index in [1.165, 1.54) is 5.56 Å². The molecule has 1 aliphatic carbocycles. The van der Waals surface area contributed by atoms with Crippen molar-refractivity contribution in [3.05, 3.63) is 65.7 Å². The lowest BCUT2D eigenvalue weighted by Gasteiger charge is -2.48. The van der Waals surface area contributed by atoms with Crippen LogP contribution in [0.15, 0.2) is 59.5 Å². The molecular formula is C20H24N2O2S. The Morgan fingerprint density at radius 3 is 2.36 bits per heavy atom. The van der Waals surface area contributed by atoms with E-state index in [9.17, 15) is 8.42 Å². The standard InChI is InChI=1S/C20H24N2O2S/c23-25(24,18-9-2-1-3-10-18)20(22-15-13-21-14-16-22)12-6-8-17-7-4-5-11-19(17)20/h1-5,7,9-11,21H,6,8,12-16H2. The fourth-order valence-electron chi connectivity index (χ4n) is 4.37. The molecule has 1 aliphatic heterocycles. The van der Waals surface area contributed by atoms with Crippen LogP contribution < -0.4 is 5.32 Å². The fourth-order valence-corrected chi connectivity index (χ4v) is 6.70. The zero-order chi connectivity index (χ0) is 17.3. The maximum absolute atomic E-state index is 13.9. The number of hydrogen-bond donors (Lipinski definition) is 1. The first kappa shape index (κ1) is 16.8. The lowest BCUT2D eigenvalue weighted by Crippen LogP contribution is -2.59. The van der Waals surface area contributed by atoms with E-state index in [1.54, 1.807) is 12.1 Å². The van der Waals surface area contributed by atoms with Gasteiger partial charge in [-0.1, -0.05) is 42.5 Å². The summed E-state index contributed by atoms with van der Waals surface area (Å²) >= 11 is 0. The quantitative estimate of drug-likeness (QED) is 0.918. The highest BCUT2D eigenvalue weighted by Gasteiger charge is 2.52. The van der Waals surface area contributed by atoms with Gasteiger partial charge in [-0.2, -0.15) is 0 Å². The number of piperazine rings is 1. The first-order chi connectivity index (χ1) is 12.2. The summed E-state index contributed by atoms with van der Waals surface area (Å²) in [4.78, 5) is 1.67. The van der Waals surface area contributed by atoms with Crippen LogP contribution in [0.3, 0.4) is 0 Å². The normalized spacial score (nSPS) is 24.6. The highest BCUT2D eigenvalue weighted by atomic mass is 32.2. The Hall–Kier alpha value is -1.69. The number of rotatable bonds is 3. The van der Waals surface area contributed by atoms with Crippen LogP contribution in [0.25, 0.3) is 0 Å². The molecule has 0 amide bonds. The first-order valence-corrected chi connectivity index (χ1v) is 10.5. The summed E-state index contributed by atoms with van der Waals surface area (Å²) in [5.74, 6) is 0. The Balaban J connectivity index is 1.95. The van der Waals surface area contributed by atoms with Gasteiger partial charge in [0.25, 0.3) is 0 Å². The molecule has 1 heterocycles. The van der Waals surface area contributed by atoms with Gasteiger partial charge in [0.2, 0.25) is 9.84 Å². The molecule has 1 fully saturated rings. The van der Waals surface area contributed by atoms with Crippen LogP contribution in [0.1, 0.15) is 24.0 Å². The topological polar surface area (TPSA) is 49.4 Å². The number of benzene rings is 2. The molecule has 1 atom stereocenters. The van der Waals surface area contributed by atoms with Crippen LogP contribution in [0.2, 0.25) is 0 Å². The lowest BCUT2D eigenvalue weighted by atomic mass is 9.86. The molecule has 132 valence electrons. The van der Waals surface area contributed by atoms with Crippen molar-refractivity contribution in [3.63, 3.8) is 0 Å². The highest BCUT2D eigenvalue weighted by molar-refractivity contribution is 7.92. The van der Waals surface area contributed by atoms with E-state index in [4.69, 9.17) is 0 Å². The van der Waals surface area contributed by atoms with E-state index < -0.39 is 14.7 Å². The van der Waals surface area contributed by atoms with Gasteiger partial charge in [0.05, 0.1) is 4.90 Å². The first-order valence-electron chi connectivity index (χ1n) is 9.00. The van der Waals surface area contributed by atoms with Gasteiger partial charge >= 0.3 is 0 Å². The van der Waals surface area contributed by atoms with Crippen molar-refractivity contribution in [1.29, 1.82) is 0 Å². The Morgan fingerprint density at radius 1 is 0.920 bits per heavy atom. The zero-order valence-electron chi connectivity index (χ0n) is 14.3. The predicted molar refractivity (Wildman–Crippen MR) is 99.1 cm³/mol. The lowest BCUT2D eigenvalue weighted by molar-refractivity contribution is 0.120. The molecule has 0 saturated carbocycles. The van der Waals surface area contributed by atoms with Crippen LogP contribution in [0, 0.1) is 0 Å². The summed E-state index contributed by atoms with van der Waals surface area (Å²) in [6.45, 7) is 3.16. The summed E-state index contributed by atoms with van der Waals surface area (Å²) < 4.78 is 27.8. The third kappa shape index (κ3) is 2.62. The molecular weight excluding hydrogens is 332 g/mol. The largest absolute Gasteiger partial charge is 0.314 e. The number of fused-ring (bicyclic) bond motifs is 1. The van der Waals surface area contributed by atoms with E-state index in [1.807, 2.05) is 36.4 Å². The fraction of sp³-hybridized carbons (Fsp3) is 0.400. The third-order valence-electron chi connectivity index (χ3n) is 5.53. The number of nitrogens with zero attached hydrogens (tertiary/aromatic N) is 1. The van der Waals surface area contributed by atoms with Crippen LogP contribution in [0.5, 0.6) is 0 Å². The van der Waals surface area contributed by atoms with E-state index in [-0.39, 0.29) is 0 Å². The summed E-state index contributed by atoms with van der Waals surface area (Å²) in [7, 11) is -3.54. The van der Waals surface area contributed by atoms with E-state index in [0.29, 0.717) is 11.3 Å². The molecule has 2 aliphatic rings. The number of sulfone groups is 1. The minimum atomic E-state index is -3.54. The van der Waals surface area contributed by atoms with Gasteiger partial charge < -0.3 is 5.32 Å². The maximum atomic E-state index is 13.9. The molecule has 1 N–H and O–H groups in total. The smallest absolute Gasteiger partial charge is 0.201 e. The van der Waals surface area contributed by atoms with Crippen molar-refractivity contribution < 1.29 is 8.42 Å². The van der Waals surface area contributed by atoms with Crippen LogP contribution in [-0.4, -0.2) is 39.5 Å². The van der Waals surface area contributed by atoms with E-state index in [2.05, 4.69) is 16.3 Å². The molecule has 0 bridgehead atoms. The number of aryl methyl sites for hydroxylation is 1. The molecule has 2 aromatic carbocycles. The molecule has 1 unspecified atom stereocenters. The second-order valence-corrected chi connectivity index (χ2v) is 9.00. The SMILES string of the molecule is O=S(=O)(c1ccccc1)C1(N2CCNCC2)CCCc2ccccc21. The summed E-state index contributed by atoms with van der Waals surface area (Å²) in [5, 5.41) is 3.35. The molecule has 5 heteroatoms. The molecule has 1 saturated heterocycles. The predicted octanol–water partition coefficient (Wildman–Crippen LogP) is 2.55. The highest BCUT2D eigenvalue weighted by Crippen LogP contribution is 2.47. The van der Waals surface area contributed by atoms with Gasteiger partial charge in [0.15, 0.2) is 4.87 Å². The molecule has 0 radical (unpaired) electrons. The van der Waals surface area contributed by atoms with Crippen molar-refractivity contribution in [3.8, 4) is 0 Å². The van der Waals surface area contributed by atoms with Crippen molar-refractivity contribution in [2.45, 2.75) is 29.0 Å². The van der Waals surface area contributed by atoms with Crippen LogP contribution in [0.4, 0.5) is 0 Å². The van der Waals surface area contributed by atoms with Gasteiger partial charge in [-0.25, -0.2) is 8.42 Å². The second kappa shape index (κ2) is 6.56. The van der Waals surface area contributed by atoms with Crippen molar-refractivity contribution in [1.82, 2.24) is 10.2 Å². The molecule has 2 aromatic rings. The minimum absolute atomic E-state index is 0.422.